The molecule has 152 valence electrons. The molecule has 4 aromatic rings. The first-order chi connectivity index (χ1) is 14.7. The number of methoxy groups -OCH3 is 2. The van der Waals surface area contributed by atoms with Gasteiger partial charge in [-0.2, -0.15) is 4.98 Å². The van der Waals surface area contributed by atoms with Gasteiger partial charge in [-0.05, 0) is 48.6 Å². The van der Waals surface area contributed by atoms with Crippen LogP contribution in [0.3, 0.4) is 0 Å². The molecule has 0 aliphatic rings. The van der Waals surface area contributed by atoms with Crippen molar-refractivity contribution in [2.75, 3.05) is 19.5 Å². The molecule has 2 N–H and O–H groups in total. The largest absolute Gasteiger partial charge is 0.497 e. The summed E-state index contributed by atoms with van der Waals surface area (Å²) in [6.07, 6.45) is 1.72. The molecular formula is C21H19N5O3S. The van der Waals surface area contributed by atoms with Crippen LogP contribution in [-0.2, 0) is 6.54 Å². The molecule has 30 heavy (non-hydrogen) atoms. The van der Waals surface area contributed by atoms with Gasteiger partial charge in [-0.1, -0.05) is 17.3 Å². The van der Waals surface area contributed by atoms with Crippen molar-refractivity contribution in [3.05, 3.63) is 60.6 Å². The van der Waals surface area contributed by atoms with E-state index in [1.54, 1.807) is 20.4 Å². The zero-order valence-electron chi connectivity index (χ0n) is 16.4. The maximum absolute atomic E-state index is 5.41. The van der Waals surface area contributed by atoms with Crippen LogP contribution in [0.5, 0.6) is 11.5 Å². The highest BCUT2D eigenvalue weighted by Gasteiger charge is 2.11. The first-order valence-corrected chi connectivity index (χ1v) is 9.52. The van der Waals surface area contributed by atoms with Crippen LogP contribution in [-0.4, -0.2) is 34.5 Å². The third kappa shape index (κ3) is 4.15. The van der Waals surface area contributed by atoms with E-state index < -0.39 is 0 Å². The van der Waals surface area contributed by atoms with Crippen LogP contribution in [0.15, 0.2) is 59.3 Å². The Morgan fingerprint density at radius 1 is 1.10 bits per heavy atom. The second kappa shape index (κ2) is 8.75. The molecular weight excluding hydrogens is 402 g/mol. The third-order valence-corrected chi connectivity index (χ3v) is 4.64. The molecule has 0 aliphatic heterocycles. The average Bonchev–Trinajstić information content (AvgIpc) is 3.27. The minimum Gasteiger partial charge on any atom is -0.497 e. The number of pyridine rings is 1. The zero-order valence-corrected chi connectivity index (χ0v) is 17.2. The van der Waals surface area contributed by atoms with Crippen molar-refractivity contribution in [2.24, 2.45) is 0 Å². The number of thiocarbonyl (C=S) groups is 1. The Balaban J connectivity index is 1.42. The highest BCUT2D eigenvalue weighted by atomic mass is 32.1. The number of benzene rings is 2. The Morgan fingerprint density at radius 3 is 2.83 bits per heavy atom. The number of nitrogens with one attached hydrogen (secondary N) is 2. The summed E-state index contributed by atoms with van der Waals surface area (Å²) in [5.74, 6) is 2.32. The van der Waals surface area contributed by atoms with Crippen molar-refractivity contribution in [3.8, 4) is 22.9 Å². The molecule has 0 saturated heterocycles. The Kier molecular flexibility index (Phi) is 5.71. The lowest BCUT2D eigenvalue weighted by molar-refractivity contribution is 0.376. The first kappa shape index (κ1) is 19.6. The van der Waals surface area contributed by atoms with E-state index in [0.29, 0.717) is 22.6 Å². The van der Waals surface area contributed by atoms with Crippen LogP contribution < -0.4 is 20.1 Å². The molecule has 9 heteroatoms. The van der Waals surface area contributed by atoms with Gasteiger partial charge in [-0.3, -0.25) is 4.98 Å². The van der Waals surface area contributed by atoms with E-state index in [0.717, 1.165) is 27.9 Å². The van der Waals surface area contributed by atoms with Gasteiger partial charge in [-0.15, -0.1) is 0 Å². The SMILES string of the molecule is COc1cccc(-c2noc(CNC(=S)Nc3ccc(OC)c4ncccc34)n2)c1. The predicted octanol–water partition coefficient (Wildman–Crippen LogP) is 3.79. The fraction of sp³-hybridized carbons (Fsp3) is 0.143. The topological polar surface area (TPSA) is 94.3 Å². The Bertz CT molecular complexity index is 1190. The van der Waals surface area contributed by atoms with Crippen LogP contribution in [0.2, 0.25) is 0 Å². The van der Waals surface area contributed by atoms with Crippen molar-refractivity contribution in [3.63, 3.8) is 0 Å². The monoisotopic (exact) mass is 421 g/mol. The summed E-state index contributed by atoms with van der Waals surface area (Å²) < 4.78 is 15.9. The summed E-state index contributed by atoms with van der Waals surface area (Å²) in [6, 6.07) is 15.0. The average molecular weight is 421 g/mol. The standard InChI is InChI=1S/C21H19N5O3S/c1-27-14-6-3-5-13(11-14)20-25-18(29-26-20)12-23-21(30)24-16-8-9-17(28-2)19-15(16)7-4-10-22-19/h3-11H,12H2,1-2H3,(H2,23,24,30). The molecule has 2 heterocycles. The van der Waals surface area contributed by atoms with Crippen LogP contribution in [0.25, 0.3) is 22.3 Å². The van der Waals surface area contributed by atoms with E-state index in [4.69, 9.17) is 26.2 Å². The normalized spacial score (nSPS) is 10.6. The zero-order chi connectivity index (χ0) is 20.9. The second-order valence-corrected chi connectivity index (χ2v) is 6.67. The molecule has 0 aliphatic carbocycles. The van der Waals surface area contributed by atoms with Crippen molar-refractivity contribution in [2.45, 2.75) is 6.54 Å². The van der Waals surface area contributed by atoms with Crippen LogP contribution in [0, 0.1) is 0 Å². The van der Waals surface area contributed by atoms with Gasteiger partial charge in [0.1, 0.15) is 17.0 Å². The molecule has 0 bridgehead atoms. The number of ether oxygens (including phenoxy) is 2. The van der Waals surface area contributed by atoms with E-state index in [1.165, 1.54) is 0 Å². The summed E-state index contributed by atoms with van der Waals surface area (Å²) in [6.45, 7) is 0.287. The van der Waals surface area contributed by atoms with Crippen LogP contribution >= 0.6 is 12.2 Å². The van der Waals surface area contributed by atoms with Gasteiger partial charge in [0.05, 0.1) is 20.8 Å². The fourth-order valence-electron chi connectivity index (χ4n) is 2.95. The van der Waals surface area contributed by atoms with Crippen molar-refractivity contribution >= 4 is 33.9 Å². The smallest absolute Gasteiger partial charge is 0.246 e. The molecule has 4 rings (SSSR count). The van der Waals surface area contributed by atoms with E-state index in [9.17, 15) is 0 Å². The van der Waals surface area contributed by atoms with Gasteiger partial charge >= 0.3 is 0 Å². The van der Waals surface area contributed by atoms with E-state index >= 15 is 0 Å². The fourth-order valence-corrected chi connectivity index (χ4v) is 3.13. The summed E-state index contributed by atoms with van der Waals surface area (Å²) in [7, 11) is 3.23. The molecule has 0 saturated carbocycles. The van der Waals surface area contributed by atoms with Crippen LogP contribution in [0.1, 0.15) is 5.89 Å². The lowest BCUT2D eigenvalue weighted by atomic mass is 10.1. The lowest BCUT2D eigenvalue weighted by Gasteiger charge is -2.13. The van der Waals surface area contributed by atoms with Crippen molar-refractivity contribution in [1.29, 1.82) is 0 Å². The minimum atomic E-state index is 0.287. The molecule has 0 amide bonds. The molecule has 0 radical (unpaired) electrons. The predicted molar refractivity (Wildman–Crippen MR) is 118 cm³/mol. The molecule has 0 unspecified atom stereocenters. The third-order valence-electron chi connectivity index (χ3n) is 4.40. The summed E-state index contributed by atoms with van der Waals surface area (Å²) in [4.78, 5) is 8.78. The number of hydrogen-bond acceptors (Lipinski definition) is 7. The summed E-state index contributed by atoms with van der Waals surface area (Å²) >= 11 is 5.41. The van der Waals surface area contributed by atoms with Gasteiger partial charge in [0.2, 0.25) is 11.7 Å². The van der Waals surface area contributed by atoms with Gasteiger partial charge < -0.3 is 24.6 Å². The Labute approximate surface area is 178 Å². The highest BCUT2D eigenvalue weighted by Crippen LogP contribution is 2.29. The second-order valence-electron chi connectivity index (χ2n) is 6.27. The number of fused-ring (bicyclic) bond motifs is 1. The summed E-state index contributed by atoms with van der Waals surface area (Å²) in [5.41, 5.74) is 2.38. The minimum absolute atomic E-state index is 0.287. The number of rotatable bonds is 6. The van der Waals surface area contributed by atoms with Crippen LogP contribution in [0.4, 0.5) is 5.69 Å². The Morgan fingerprint density at radius 2 is 2.00 bits per heavy atom. The van der Waals surface area contributed by atoms with Crippen molar-refractivity contribution in [1.82, 2.24) is 20.4 Å². The van der Waals surface area contributed by atoms with E-state index in [1.807, 2.05) is 48.5 Å². The summed E-state index contributed by atoms with van der Waals surface area (Å²) in [5, 5.41) is 11.6. The van der Waals surface area contributed by atoms with Gasteiger partial charge in [-0.25, -0.2) is 0 Å². The highest BCUT2D eigenvalue weighted by molar-refractivity contribution is 7.80. The molecule has 2 aromatic carbocycles. The quantitative estimate of drug-likeness (QED) is 0.451. The van der Waals surface area contributed by atoms with Crippen molar-refractivity contribution < 1.29 is 14.0 Å². The number of anilines is 1. The Hall–Kier alpha value is -3.72. The molecule has 8 nitrogen and oxygen atoms in total. The molecule has 2 aromatic heterocycles. The van der Waals surface area contributed by atoms with Gasteiger partial charge in [0.15, 0.2) is 5.11 Å². The number of hydrogen-bond donors (Lipinski definition) is 2. The van der Waals surface area contributed by atoms with E-state index in [2.05, 4.69) is 25.8 Å². The number of aromatic nitrogens is 3. The molecule has 0 fully saturated rings. The van der Waals surface area contributed by atoms with Gasteiger partial charge in [0, 0.05) is 22.8 Å². The van der Waals surface area contributed by atoms with Gasteiger partial charge in [0.25, 0.3) is 0 Å². The molecule has 0 spiro atoms. The first-order valence-electron chi connectivity index (χ1n) is 9.11. The van der Waals surface area contributed by atoms with E-state index in [-0.39, 0.29) is 6.54 Å². The lowest BCUT2D eigenvalue weighted by Crippen LogP contribution is -2.28. The number of nitrogens with zero attached hydrogens (tertiary/aromatic N) is 3. The maximum Gasteiger partial charge on any atom is 0.246 e. The maximum atomic E-state index is 5.41. The molecule has 0 atom stereocenters.